The van der Waals surface area contributed by atoms with Gasteiger partial charge in [-0.15, -0.1) is 0 Å². The molecule has 1 aromatic rings. The number of benzene rings is 1. The average molecular weight is 454 g/mol. The first kappa shape index (κ1) is 29.2. The van der Waals surface area contributed by atoms with Gasteiger partial charge < -0.3 is 19.8 Å². The molecule has 10 heteroatoms. The molecule has 0 saturated carbocycles. The molecule has 2 radical (unpaired) electrons. The molecular formula is C20H22ClNNa2O6. The van der Waals surface area contributed by atoms with Gasteiger partial charge in [-0.05, 0) is 39.3 Å². The fourth-order valence-electron chi connectivity index (χ4n) is 3.36. The minimum atomic E-state index is -1.44. The molecule has 0 aromatic heterocycles. The number of hydrogen-bond donors (Lipinski definition) is 2. The van der Waals surface area contributed by atoms with Crippen LogP contribution in [0.25, 0.3) is 0 Å². The van der Waals surface area contributed by atoms with Crippen LogP contribution in [-0.4, -0.2) is 105 Å². The SMILES string of the molecule is CCN1C(C)=C(C(=O)OC(C)C)C(c2ccccc2Cl)C(C(=O)O)=C1C(=O)O.[Na].[Na]. The van der Waals surface area contributed by atoms with E-state index in [1.54, 1.807) is 52.0 Å². The third kappa shape index (κ3) is 5.91. The molecule has 30 heavy (non-hydrogen) atoms. The topological polar surface area (TPSA) is 104 Å². The summed E-state index contributed by atoms with van der Waals surface area (Å²) < 4.78 is 5.34. The van der Waals surface area contributed by atoms with E-state index in [4.69, 9.17) is 16.3 Å². The number of carbonyl (C=O) groups excluding carboxylic acids is 1. The predicted octanol–water partition coefficient (Wildman–Crippen LogP) is 2.65. The summed E-state index contributed by atoms with van der Waals surface area (Å²) >= 11 is 6.30. The summed E-state index contributed by atoms with van der Waals surface area (Å²) in [5.41, 5.74) is -0.111. The molecule has 0 fully saturated rings. The summed E-state index contributed by atoms with van der Waals surface area (Å²) in [5.74, 6) is -4.72. The molecule has 1 aromatic carbocycles. The van der Waals surface area contributed by atoms with Crippen LogP contribution in [0.5, 0.6) is 0 Å². The number of esters is 1. The molecule has 1 unspecified atom stereocenters. The second-order valence-electron chi connectivity index (χ2n) is 6.52. The van der Waals surface area contributed by atoms with Crippen molar-refractivity contribution in [2.24, 2.45) is 0 Å². The normalized spacial score (nSPS) is 16.1. The van der Waals surface area contributed by atoms with Gasteiger partial charge in [0, 0.05) is 76.4 Å². The number of nitrogens with zero attached hydrogens (tertiary/aromatic N) is 1. The van der Waals surface area contributed by atoms with Crippen molar-refractivity contribution in [1.82, 2.24) is 4.90 Å². The minimum absolute atomic E-state index is 0. The van der Waals surface area contributed by atoms with Crippen molar-refractivity contribution in [3.05, 3.63) is 57.4 Å². The number of rotatable bonds is 6. The number of likely N-dealkylation sites (N-methyl/N-ethyl adjacent to an activating group) is 1. The summed E-state index contributed by atoms with van der Waals surface area (Å²) in [6.45, 7) is 6.77. The number of carbonyl (C=O) groups is 3. The fraction of sp³-hybridized carbons (Fsp3) is 0.350. The Labute approximate surface area is 224 Å². The van der Waals surface area contributed by atoms with E-state index in [1.807, 2.05) is 0 Å². The van der Waals surface area contributed by atoms with Gasteiger partial charge in [0.1, 0.15) is 5.70 Å². The van der Waals surface area contributed by atoms with Gasteiger partial charge in [0.2, 0.25) is 0 Å². The van der Waals surface area contributed by atoms with Crippen LogP contribution in [0.2, 0.25) is 5.02 Å². The van der Waals surface area contributed by atoms with Crippen molar-refractivity contribution in [3.8, 4) is 0 Å². The molecule has 7 nitrogen and oxygen atoms in total. The van der Waals surface area contributed by atoms with Crippen molar-refractivity contribution in [1.29, 1.82) is 0 Å². The molecule has 1 atom stereocenters. The van der Waals surface area contributed by atoms with E-state index in [2.05, 4.69) is 0 Å². The maximum absolute atomic E-state index is 12.9. The molecule has 1 aliphatic rings. The monoisotopic (exact) mass is 453 g/mol. The van der Waals surface area contributed by atoms with Gasteiger partial charge in [-0.1, -0.05) is 29.8 Å². The molecule has 0 amide bonds. The first-order valence-corrected chi connectivity index (χ1v) is 9.13. The van der Waals surface area contributed by atoms with Crippen LogP contribution in [-0.2, 0) is 19.1 Å². The van der Waals surface area contributed by atoms with Gasteiger partial charge in [-0.3, -0.25) is 0 Å². The molecule has 2 rings (SSSR count). The van der Waals surface area contributed by atoms with E-state index in [-0.39, 0.29) is 76.3 Å². The van der Waals surface area contributed by atoms with Crippen molar-refractivity contribution in [3.63, 3.8) is 0 Å². The summed E-state index contributed by atoms with van der Waals surface area (Å²) in [5, 5.41) is 19.9. The van der Waals surface area contributed by atoms with Crippen LogP contribution in [0.15, 0.2) is 46.8 Å². The number of hydrogen-bond acceptors (Lipinski definition) is 5. The van der Waals surface area contributed by atoms with Crippen LogP contribution in [0.4, 0.5) is 0 Å². The van der Waals surface area contributed by atoms with E-state index >= 15 is 0 Å². The summed E-state index contributed by atoms with van der Waals surface area (Å²) in [6.07, 6.45) is -0.437. The Morgan fingerprint density at radius 3 is 2.10 bits per heavy atom. The standard InChI is InChI=1S/C20H22ClNO6.2Na/c1-5-22-11(4)14(20(27)28-10(2)3)15(12-8-6-7-9-13(12)21)16(18(23)24)17(22)19(25)26;;/h6-10,15H,5H2,1-4H3,(H,23,24)(H,25,26);;. The molecule has 0 saturated heterocycles. The number of carboxylic acids is 2. The van der Waals surface area contributed by atoms with Gasteiger partial charge in [-0.2, -0.15) is 0 Å². The van der Waals surface area contributed by atoms with Crippen LogP contribution in [0, 0.1) is 0 Å². The van der Waals surface area contributed by atoms with Gasteiger partial charge in [0.15, 0.2) is 0 Å². The quantitative estimate of drug-likeness (QED) is 0.504. The van der Waals surface area contributed by atoms with Crippen molar-refractivity contribution >= 4 is 88.6 Å². The average Bonchev–Trinajstić information content (AvgIpc) is 2.59. The second kappa shape index (κ2) is 12.3. The van der Waals surface area contributed by atoms with E-state index < -0.39 is 41.2 Å². The second-order valence-corrected chi connectivity index (χ2v) is 6.93. The fourth-order valence-corrected chi connectivity index (χ4v) is 3.61. The van der Waals surface area contributed by atoms with E-state index in [0.717, 1.165) is 0 Å². The molecule has 0 spiro atoms. The first-order chi connectivity index (χ1) is 13.1. The third-order valence-electron chi connectivity index (χ3n) is 4.43. The van der Waals surface area contributed by atoms with Crippen LogP contribution < -0.4 is 0 Å². The third-order valence-corrected chi connectivity index (χ3v) is 4.77. The molecule has 2 N–H and O–H groups in total. The van der Waals surface area contributed by atoms with Gasteiger partial charge in [0.05, 0.1) is 23.2 Å². The molecular weight excluding hydrogens is 432 g/mol. The van der Waals surface area contributed by atoms with Gasteiger partial charge in [-0.25, -0.2) is 14.4 Å². The van der Waals surface area contributed by atoms with Crippen molar-refractivity contribution < 1.29 is 29.3 Å². The van der Waals surface area contributed by atoms with Gasteiger partial charge in [0.25, 0.3) is 0 Å². The van der Waals surface area contributed by atoms with Gasteiger partial charge >= 0.3 is 17.9 Å². The van der Waals surface area contributed by atoms with Crippen LogP contribution in [0.3, 0.4) is 0 Å². The largest absolute Gasteiger partial charge is 0.478 e. The van der Waals surface area contributed by atoms with E-state index in [0.29, 0.717) is 11.3 Å². The minimum Gasteiger partial charge on any atom is -0.478 e. The number of allylic oxidation sites excluding steroid dienone is 1. The zero-order valence-electron chi connectivity index (χ0n) is 18.0. The summed E-state index contributed by atoms with van der Waals surface area (Å²) in [7, 11) is 0. The Bertz CT molecular complexity index is 897. The maximum Gasteiger partial charge on any atom is 0.353 e. The number of halogens is 1. The predicted molar refractivity (Wildman–Crippen MR) is 114 cm³/mol. The Morgan fingerprint density at radius 1 is 1.10 bits per heavy atom. The Hall–Kier alpha value is -0.800. The Balaban J connectivity index is 0.00000420. The molecule has 0 aliphatic carbocycles. The molecule has 0 bridgehead atoms. The zero-order chi connectivity index (χ0) is 21.2. The number of ether oxygens (including phenoxy) is 1. The maximum atomic E-state index is 12.9. The molecule has 152 valence electrons. The first-order valence-electron chi connectivity index (χ1n) is 8.76. The molecule has 1 heterocycles. The smallest absolute Gasteiger partial charge is 0.353 e. The number of aliphatic carboxylic acids is 2. The van der Waals surface area contributed by atoms with Crippen molar-refractivity contribution in [2.45, 2.75) is 39.7 Å². The van der Waals surface area contributed by atoms with E-state index in [1.165, 1.54) is 4.90 Å². The van der Waals surface area contributed by atoms with Crippen LogP contribution >= 0.6 is 11.6 Å². The Kier molecular flexibility index (Phi) is 12.0. The Morgan fingerprint density at radius 2 is 1.67 bits per heavy atom. The summed E-state index contributed by atoms with van der Waals surface area (Å²) in [4.78, 5) is 38.3. The summed E-state index contributed by atoms with van der Waals surface area (Å²) in [6, 6.07) is 6.45. The van der Waals surface area contributed by atoms with Crippen molar-refractivity contribution in [2.75, 3.05) is 6.54 Å². The van der Waals surface area contributed by atoms with Crippen LogP contribution in [0.1, 0.15) is 39.2 Å². The zero-order valence-corrected chi connectivity index (χ0v) is 22.8. The molecule has 1 aliphatic heterocycles. The number of carboxylic acid groups (broad SMARTS) is 2. The van der Waals surface area contributed by atoms with E-state index in [9.17, 15) is 24.6 Å².